The highest BCUT2D eigenvalue weighted by molar-refractivity contribution is 9.10. The van der Waals surface area contributed by atoms with Crippen molar-refractivity contribution in [3.63, 3.8) is 0 Å². The number of aryl methyl sites for hydroxylation is 1. The molecule has 2 rings (SSSR count). The number of rotatable bonds is 1. The van der Waals surface area contributed by atoms with Crippen LogP contribution < -0.4 is 5.73 Å². The zero-order valence-electron chi connectivity index (χ0n) is 8.05. The van der Waals surface area contributed by atoms with Gasteiger partial charge in [-0.15, -0.1) is 11.3 Å². The van der Waals surface area contributed by atoms with Gasteiger partial charge in [-0.1, -0.05) is 6.07 Å². The minimum Gasteiger partial charge on any atom is -0.396 e. The van der Waals surface area contributed by atoms with Gasteiger partial charge in [-0.05, 0) is 46.6 Å². The molecule has 0 saturated heterocycles. The molecule has 1 heterocycles. The first kappa shape index (κ1) is 10.6. The standard InChI is InChI=1S/C11H9BrFNS/c1-6-4-8(12)11(15-6)7-2-3-9(13)10(14)5-7/h2-5H,14H2,1H3. The molecule has 2 aromatic rings. The van der Waals surface area contributed by atoms with Gasteiger partial charge in [-0.25, -0.2) is 4.39 Å². The highest BCUT2D eigenvalue weighted by Crippen LogP contribution is 2.37. The van der Waals surface area contributed by atoms with E-state index in [4.69, 9.17) is 5.73 Å². The van der Waals surface area contributed by atoms with Crippen LogP contribution in [0.5, 0.6) is 0 Å². The summed E-state index contributed by atoms with van der Waals surface area (Å²) in [6, 6.07) is 6.83. The SMILES string of the molecule is Cc1cc(Br)c(-c2ccc(F)c(N)c2)s1. The molecular weight excluding hydrogens is 277 g/mol. The molecule has 78 valence electrons. The highest BCUT2D eigenvalue weighted by Gasteiger charge is 2.08. The number of nitrogen functional groups attached to an aromatic ring is 1. The van der Waals surface area contributed by atoms with E-state index in [1.807, 2.05) is 13.0 Å². The summed E-state index contributed by atoms with van der Waals surface area (Å²) < 4.78 is 14.0. The Kier molecular flexibility index (Phi) is 2.80. The lowest BCUT2D eigenvalue weighted by molar-refractivity contribution is 0.633. The van der Waals surface area contributed by atoms with Gasteiger partial charge in [0.2, 0.25) is 0 Å². The molecule has 2 N–H and O–H groups in total. The van der Waals surface area contributed by atoms with Gasteiger partial charge >= 0.3 is 0 Å². The predicted molar refractivity (Wildman–Crippen MR) is 66.6 cm³/mol. The zero-order chi connectivity index (χ0) is 11.0. The summed E-state index contributed by atoms with van der Waals surface area (Å²) in [4.78, 5) is 2.29. The van der Waals surface area contributed by atoms with E-state index in [1.54, 1.807) is 23.5 Å². The topological polar surface area (TPSA) is 26.0 Å². The van der Waals surface area contributed by atoms with Gasteiger partial charge in [0.1, 0.15) is 5.82 Å². The molecule has 0 spiro atoms. The summed E-state index contributed by atoms with van der Waals surface area (Å²) in [6.45, 7) is 2.03. The molecular formula is C11H9BrFNS. The van der Waals surface area contributed by atoms with Gasteiger partial charge in [0.15, 0.2) is 0 Å². The smallest absolute Gasteiger partial charge is 0.146 e. The second kappa shape index (κ2) is 3.94. The second-order valence-electron chi connectivity index (χ2n) is 3.27. The van der Waals surface area contributed by atoms with E-state index in [1.165, 1.54) is 10.9 Å². The first-order chi connectivity index (χ1) is 7.08. The van der Waals surface area contributed by atoms with Gasteiger partial charge < -0.3 is 5.73 Å². The number of hydrogen-bond donors (Lipinski definition) is 1. The van der Waals surface area contributed by atoms with Crippen LogP contribution in [0.3, 0.4) is 0 Å². The number of halogens is 2. The number of benzene rings is 1. The quantitative estimate of drug-likeness (QED) is 0.781. The van der Waals surface area contributed by atoms with Gasteiger partial charge in [-0.2, -0.15) is 0 Å². The van der Waals surface area contributed by atoms with Crippen LogP contribution in [0, 0.1) is 12.7 Å². The fourth-order valence-corrected chi connectivity index (χ4v) is 3.23. The molecule has 1 aromatic heterocycles. The summed E-state index contributed by atoms with van der Waals surface area (Å²) in [7, 11) is 0. The summed E-state index contributed by atoms with van der Waals surface area (Å²) in [5.74, 6) is -0.372. The minimum atomic E-state index is -0.372. The Labute approximate surface area is 99.9 Å². The van der Waals surface area contributed by atoms with E-state index < -0.39 is 0 Å². The summed E-state index contributed by atoms with van der Waals surface area (Å²) in [5, 5.41) is 0. The van der Waals surface area contributed by atoms with Gasteiger partial charge in [0.25, 0.3) is 0 Å². The molecule has 0 unspecified atom stereocenters. The average molecular weight is 286 g/mol. The summed E-state index contributed by atoms with van der Waals surface area (Å²) in [6.07, 6.45) is 0. The van der Waals surface area contributed by atoms with Crippen molar-refractivity contribution < 1.29 is 4.39 Å². The molecule has 1 nitrogen and oxygen atoms in total. The van der Waals surface area contributed by atoms with Crippen LogP contribution >= 0.6 is 27.3 Å². The maximum Gasteiger partial charge on any atom is 0.146 e. The highest BCUT2D eigenvalue weighted by atomic mass is 79.9. The number of nitrogens with two attached hydrogens (primary N) is 1. The lowest BCUT2D eigenvalue weighted by Crippen LogP contribution is -1.89. The van der Waals surface area contributed by atoms with E-state index >= 15 is 0 Å². The molecule has 0 saturated carbocycles. The van der Waals surface area contributed by atoms with Gasteiger partial charge in [0, 0.05) is 14.2 Å². The van der Waals surface area contributed by atoms with E-state index in [0.29, 0.717) is 0 Å². The lowest BCUT2D eigenvalue weighted by Gasteiger charge is -2.01. The molecule has 0 bridgehead atoms. The minimum absolute atomic E-state index is 0.186. The molecule has 0 amide bonds. The fraction of sp³-hybridized carbons (Fsp3) is 0.0909. The summed E-state index contributed by atoms with van der Waals surface area (Å²) in [5.41, 5.74) is 6.66. The van der Waals surface area contributed by atoms with Crippen LogP contribution in [0.1, 0.15) is 4.88 Å². The Balaban J connectivity index is 2.54. The van der Waals surface area contributed by atoms with E-state index in [-0.39, 0.29) is 11.5 Å². The molecule has 1 aromatic carbocycles. The molecule has 0 radical (unpaired) electrons. The lowest BCUT2D eigenvalue weighted by atomic mass is 10.1. The maximum absolute atomic E-state index is 13.0. The zero-order valence-corrected chi connectivity index (χ0v) is 10.5. The Morgan fingerprint density at radius 2 is 2.07 bits per heavy atom. The van der Waals surface area contributed by atoms with Crippen LogP contribution in [0.25, 0.3) is 10.4 Å². The van der Waals surface area contributed by atoms with Crippen LogP contribution in [0.4, 0.5) is 10.1 Å². The van der Waals surface area contributed by atoms with Crippen LogP contribution in [-0.4, -0.2) is 0 Å². The van der Waals surface area contributed by atoms with Crippen molar-refractivity contribution >= 4 is 33.0 Å². The van der Waals surface area contributed by atoms with Crippen molar-refractivity contribution in [2.45, 2.75) is 6.92 Å². The van der Waals surface area contributed by atoms with Crippen molar-refractivity contribution in [2.75, 3.05) is 5.73 Å². The monoisotopic (exact) mass is 285 g/mol. The Morgan fingerprint density at radius 3 is 2.60 bits per heavy atom. The van der Waals surface area contributed by atoms with Crippen molar-refractivity contribution in [1.29, 1.82) is 0 Å². The number of hydrogen-bond acceptors (Lipinski definition) is 2. The third-order valence-electron chi connectivity index (χ3n) is 2.07. The first-order valence-corrected chi connectivity index (χ1v) is 6.00. The number of thiophene rings is 1. The Bertz CT molecular complexity index is 507. The van der Waals surface area contributed by atoms with E-state index in [0.717, 1.165) is 14.9 Å². The molecule has 0 aliphatic heterocycles. The third-order valence-corrected chi connectivity index (χ3v) is 4.06. The second-order valence-corrected chi connectivity index (χ2v) is 5.38. The maximum atomic E-state index is 13.0. The third kappa shape index (κ3) is 2.06. The Morgan fingerprint density at radius 1 is 1.33 bits per heavy atom. The summed E-state index contributed by atoms with van der Waals surface area (Å²) >= 11 is 5.13. The Hall–Kier alpha value is -0.870. The van der Waals surface area contributed by atoms with E-state index in [9.17, 15) is 4.39 Å². The van der Waals surface area contributed by atoms with Crippen molar-refractivity contribution in [1.82, 2.24) is 0 Å². The van der Waals surface area contributed by atoms with Gasteiger partial charge in [-0.3, -0.25) is 0 Å². The van der Waals surface area contributed by atoms with E-state index in [2.05, 4.69) is 15.9 Å². The van der Waals surface area contributed by atoms with Gasteiger partial charge in [0.05, 0.1) is 5.69 Å². The molecule has 4 heteroatoms. The average Bonchev–Trinajstić information content (AvgIpc) is 2.50. The van der Waals surface area contributed by atoms with Crippen LogP contribution in [0.15, 0.2) is 28.7 Å². The normalized spacial score (nSPS) is 10.6. The molecule has 0 aliphatic rings. The molecule has 0 atom stereocenters. The predicted octanol–water partition coefficient (Wildman–Crippen LogP) is 4.21. The molecule has 0 fully saturated rings. The fourth-order valence-electron chi connectivity index (χ4n) is 1.37. The van der Waals surface area contributed by atoms with Crippen LogP contribution in [0.2, 0.25) is 0 Å². The van der Waals surface area contributed by atoms with Crippen LogP contribution in [-0.2, 0) is 0 Å². The van der Waals surface area contributed by atoms with Crippen molar-refractivity contribution in [3.8, 4) is 10.4 Å². The van der Waals surface area contributed by atoms with Crippen molar-refractivity contribution in [2.24, 2.45) is 0 Å². The molecule has 0 aliphatic carbocycles. The molecule has 15 heavy (non-hydrogen) atoms. The van der Waals surface area contributed by atoms with Crippen molar-refractivity contribution in [3.05, 3.63) is 39.4 Å². The largest absolute Gasteiger partial charge is 0.396 e. The number of anilines is 1. The first-order valence-electron chi connectivity index (χ1n) is 4.39.